The van der Waals surface area contributed by atoms with Gasteiger partial charge in [-0.15, -0.1) is 0 Å². The van der Waals surface area contributed by atoms with Crippen LogP contribution in [-0.4, -0.2) is 53.8 Å². The van der Waals surface area contributed by atoms with E-state index >= 15 is 0 Å². The number of pyridine rings is 1. The van der Waals surface area contributed by atoms with Crippen molar-refractivity contribution in [2.75, 3.05) is 25.1 Å². The number of piperidine rings is 1. The van der Waals surface area contributed by atoms with Crippen molar-refractivity contribution in [3.05, 3.63) is 23.9 Å². The zero-order chi connectivity index (χ0) is 22.3. The lowest BCUT2D eigenvalue weighted by Crippen LogP contribution is -2.61. The van der Waals surface area contributed by atoms with Gasteiger partial charge in [0.25, 0.3) is 5.91 Å². The molecule has 1 aliphatic heterocycles. The molecule has 7 heteroatoms. The molecule has 6 rings (SSSR count). The van der Waals surface area contributed by atoms with Crippen LogP contribution in [0.5, 0.6) is 0 Å². The summed E-state index contributed by atoms with van der Waals surface area (Å²) in [7, 11) is 1.44. The van der Waals surface area contributed by atoms with Gasteiger partial charge in [-0.1, -0.05) is 6.07 Å². The number of esters is 1. The Morgan fingerprint density at radius 3 is 2.56 bits per heavy atom. The highest BCUT2D eigenvalue weighted by Crippen LogP contribution is 2.55. The van der Waals surface area contributed by atoms with E-state index in [0.29, 0.717) is 35.8 Å². The van der Waals surface area contributed by atoms with Crippen LogP contribution in [0.25, 0.3) is 0 Å². The van der Waals surface area contributed by atoms with Crippen molar-refractivity contribution < 1.29 is 19.4 Å². The molecule has 4 aliphatic carbocycles. The molecule has 5 fully saturated rings. The van der Waals surface area contributed by atoms with Crippen molar-refractivity contribution in [1.82, 2.24) is 10.3 Å². The molecule has 1 saturated heterocycles. The summed E-state index contributed by atoms with van der Waals surface area (Å²) >= 11 is 0. The lowest BCUT2D eigenvalue weighted by molar-refractivity contribution is -0.141. The zero-order valence-corrected chi connectivity index (χ0v) is 19.0. The zero-order valence-electron chi connectivity index (χ0n) is 19.0. The van der Waals surface area contributed by atoms with Crippen LogP contribution < -0.4 is 10.2 Å². The number of carbonyl (C=O) groups is 2. The summed E-state index contributed by atoms with van der Waals surface area (Å²) in [6, 6.07) is 5.85. The molecule has 1 amide bonds. The topological polar surface area (TPSA) is 91.8 Å². The predicted octanol–water partition coefficient (Wildman–Crippen LogP) is 2.92. The second-order valence-electron chi connectivity index (χ2n) is 10.6. The molecule has 2 N–H and O–H groups in total. The fourth-order valence-corrected chi connectivity index (χ4v) is 7.04. The van der Waals surface area contributed by atoms with Crippen molar-refractivity contribution >= 4 is 17.7 Å². The fourth-order valence-electron chi connectivity index (χ4n) is 7.04. The number of nitrogens with zero attached hydrogens (tertiary/aromatic N) is 2. The van der Waals surface area contributed by atoms with Gasteiger partial charge in [-0.2, -0.15) is 0 Å². The molecule has 4 bridgehead atoms. The first kappa shape index (κ1) is 21.7. The van der Waals surface area contributed by atoms with Gasteiger partial charge in [0.15, 0.2) is 0 Å². The van der Waals surface area contributed by atoms with E-state index < -0.39 is 5.60 Å². The molecule has 1 aromatic rings. The van der Waals surface area contributed by atoms with Crippen molar-refractivity contribution in [2.45, 2.75) is 69.4 Å². The van der Waals surface area contributed by atoms with E-state index in [1.54, 1.807) is 6.07 Å². The molecule has 0 spiro atoms. The van der Waals surface area contributed by atoms with Crippen LogP contribution in [0, 0.1) is 23.7 Å². The van der Waals surface area contributed by atoms with Gasteiger partial charge in [-0.25, -0.2) is 4.98 Å². The highest BCUT2D eigenvalue weighted by Gasteiger charge is 2.55. The van der Waals surface area contributed by atoms with Crippen LogP contribution in [0.1, 0.15) is 68.3 Å². The molecule has 2 unspecified atom stereocenters. The van der Waals surface area contributed by atoms with E-state index in [0.717, 1.165) is 70.3 Å². The molecule has 1 aromatic heterocycles. The molecule has 2 atom stereocenters. The number of ether oxygens (including phenoxy) is 1. The average molecular weight is 442 g/mol. The Morgan fingerprint density at radius 2 is 1.91 bits per heavy atom. The lowest BCUT2D eigenvalue weighted by atomic mass is 9.52. The fraction of sp³-hybridized carbons (Fsp3) is 0.720. The smallest absolute Gasteiger partial charge is 0.305 e. The Labute approximate surface area is 189 Å². The van der Waals surface area contributed by atoms with Crippen molar-refractivity contribution in [3.8, 4) is 0 Å². The quantitative estimate of drug-likeness (QED) is 0.660. The van der Waals surface area contributed by atoms with E-state index in [1.165, 1.54) is 7.11 Å². The van der Waals surface area contributed by atoms with E-state index in [4.69, 9.17) is 9.72 Å². The van der Waals surface area contributed by atoms with Crippen LogP contribution in [0.2, 0.25) is 0 Å². The van der Waals surface area contributed by atoms with Crippen LogP contribution in [0.4, 0.5) is 5.82 Å². The van der Waals surface area contributed by atoms with Gasteiger partial charge in [-0.3, -0.25) is 9.59 Å². The number of aliphatic hydroxyl groups is 1. The third kappa shape index (κ3) is 4.36. The Kier molecular flexibility index (Phi) is 5.86. The number of hydrogen-bond donors (Lipinski definition) is 2. The molecule has 0 aromatic carbocycles. The van der Waals surface area contributed by atoms with E-state index in [1.807, 2.05) is 12.1 Å². The monoisotopic (exact) mass is 441 g/mol. The first-order valence-electron chi connectivity index (χ1n) is 12.2. The Balaban J connectivity index is 1.18. The highest BCUT2D eigenvalue weighted by atomic mass is 16.5. The summed E-state index contributed by atoms with van der Waals surface area (Å²) < 4.78 is 4.75. The number of aromatic nitrogens is 1. The Bertz CT molecular complexity index is 850. The SMILES string of the molecule is COC(=O)CCC1CCN(c2cccc(C(=O)NC3C4CC5CC3CC(O)(C5)C4)n2)CC1. The average Bonchev–Trinajstić information content (AvgIpc) is 2.79. The minimum Gasteiger partial charge on any atom is -0.469 e. The van der Waals surface area contributed by atoms with Crippen molar-refractivity contribution in [3.63, 3.8) is 0 Å². The summed E-state index contributed by atoms with van der Waals surface area (Å²) in [5.74, 6) is 2.56. The maximum Gasteiger partial charge on any atom is 0.305 e. The molecule has 32 heavy (non-hydrogen) atoms. The van der Waals surface area contributed by atoms with Gasteiger partial charge in [0.2, 0.25) is 0 Å². The predicted molar refractivity (Wildman–Crippen MR) is 120 cm³/mol. The normalized spacial score (nSPS) is 33.9. The molecule has 174 valence electrons. The van der Waals surface area contributed by atoms with Crippen LogP contribution >= 0.6 is 0 Å². The standard InChI is InChI=1S/C25H35N3O4/c1-32-22(29)6-5-16-7-9-28(10-8-16)21-4-2-3-20(26-21)24(30)27-23-18-11-17-12-19(23)15-25(31,13-17)14-18/h2-4,16-19,23,31H,5-15H2,1H3,(H,27,30). The van der Waals surface area contributed by atoms with Crippen molar-refractivity contribution in [2.24, 2.45) is 23.7 Å². The van der Waals surface area contributed by atoms with E-state index in [2.05, 4.69) is 10.2 Å². The molecule has 0 radical (unpaired) electrons. The number of carbonyl (C=O) groups excluding carboxylic acids is 2. The molecule has 5 aliphatic rings. The van der Waals surface area contributed by atoms with Crippen LogP contribution in [0.15, 0.2) is 18.2 Å². The Morgan fingerprint density at radius 1 is 1.19 bits per heavy atom. The van der Waals surface area contributed by atoms with Gasteiger partial charge >= 0.3 is 5.97 Å². The summed E-state index contributed by atoms with van der Waals surface area (Å²) in [5, 5.41) is 14.1. The largest absolute Gasteiger partial charge is 0.469 e. The summed E-state index contributed by atoms with van der Waals surface area (Å²) in [5.41, 5.74) is -0.0124. The number of methoxy groups -OCH3 is 1. The third-order valence-corrected chi connectivity index (χ3v) is 8.43. The summed E-state index contributed by atoms with van der Waals surface area (Å²) in [6.45, 7) is 1.77. The maximum absolute atomic E-state index is 13.1. The van der Waals surface area contributed by atoms with Crippen LogP contribution in [0.3, 0.4) is 0 Å². The molecule has 2 heterocycles. The molecular weight excluding hydrogens is 406 g/mol. The van der Waals surface area contributed by atoms with Gasteiger partial charge in [0.1, 0.15) is 11.5 Å². The summed E-state index contributed by atoms with van der Waals surface area (Å²) in [4.78, 5) is 31.4. The third-order valence-electron chi connectivity index (χ3n) is 8.43. The second-order valence-corrected chi connectivity index (χ2v) is 10.6. The number of nitrogens with one attached hydrogen (secondary N) is 1. The highest BCUT2D eigenvalue weighted by molar-refractivity contribution is 5.93. The number of anilines is 1. The molecule has 7 nitrogen and oxygen atoms in total. The van der Waals surface area contributed by atoms with Gasteiger partial charge in [0, 0.05) is 25.6 Å². The van der Waals surface area contributed by atoms with Gasteiger partial charge in [0.05, 0.1) is 12.7 Å². The van der Waals surface area contributed by atoms with Crippen molar-refractivity contribution in [1.29, 1.82) is 0 Å². The van der Waals surface area contributed by atoms with E-state index in [9.17, 15) is 14.7 Å². The van der Waals surface area contributed by atoms with Gasteiger partial charge in [-0.05, 0) is 87.2 Å². The number of amides is 1. The first-order valence-corrected chi connectivity index (χ1v) is 12.2. The van der Waals surface area contributed by atoms with Gasteiger partial charge < -0.3 is 20.1 Å². The first-order chi connectivity index (χ1) is 15.4. The maximum atomic E-state index is 13.1. The second kappa shape index (κ2) is 8.65. The minimum absolute atomic E-state index is 0.0933. The molecular formula is C25H35N3O4. The van der Waals surface area contributed by atoms with E-state index in [-0.39, 0.29) is 17.9 Å². The summed E-state index contributed by atoms with van der Waals surface area (Å²) in [6.07, 6.45) is 8.24. The minimum atomic E-state index is -0.487. The number of rotatable bonds is 6. The molecule has 4 saturated carbocycles. The van der Waals surface area contributed by atoms with Crippen LogP contribution in [-0.2, 0) is 9.53 Å². The lowest BCUT2D eigenvalue weighted by Gasteiger charge is -2.58. The Hall–Kier alpha value is -2.15. The number of hydrogen-bond acceptors (Lipinski definition) is 6.